The lowest BCUT2D eigenvalue weighted by atomic mass is 10.2. The lowest BCUT2D eigenvalue weighted by Gasteiger charge is -2.25. The Balaban J connectivity index is 1.44. The summed E-state index contributed by atoms with van der Waals surface area (Å²) in [6.45, 7) is 2.13. The zero-order chi connectivity index (χ0) is 18.4. The number of aromatic carboxylic acids is 1. The summed E-state index contributed by atoms with van der Waals surface area (Å²) >= 11 is 2.81. The molecule has 138 valence electrons. The summed E-state index contributed by atoms with van der Waals surface area (Å²) in [5, 5.41) is 13.8. The van der Waals surface area contributed by atoms with Crippen LogP contribution in [0.25, 0.3) is 0 Å². The summed E-state index contributed by atoms with van der Waals surface area (Å²) < 4.78 is 0.722. The highest BCUT2D eigenvalue weighted by atomic mass is 32.2. The fourth-order valence-electron chi connectivity index (χ4n) is 2.85. The highest BCUT2D eigenvalue weighted by molar-refractivity contribution is 8.01. The van der Waals surface area contributed by atoms with E-state index >= 15 is 0 Å². The number of aromatic nitrogens is 2. The molecular weight excluding hydrogens is 372 g/mol. The molecule has 1 fully saturated rings. The first-order chi connectivity index (χ1) is 12.6. The number of pyridine rings is 1. The predicted molar refractivity (Wildman–Crippen MR) is 100 cm³/mol. The van der Waals surface area contributed by atoms with Gasteiger partial charge in [-0.05, 0) is 18.1 Å². The minimum Gasteiger partial charge on any atom is -0.476 e. The van der Waals surface area contributed by atoms with Crippen molar-refractivity contribution >= 4 is 35.0 Å². The number of thiazole rings is 1. The maximum atomic E-state index is 12.1. The number of carbonyl (C=O) groups is 2. The van der Waals surface area contributed by atoms with Crippen molar-refractivity contribution in [2.45, 2.75) is 29.8 Å². The minimum atomic E-state index is -1.01. The second kappa shape index (κ2) is 9.11. The Kier molecular flexibility index (Phi) is 6.59. The maximum absolute atomic E-state index is 12.1. The number of amides is 1. The van der Waals surface area contributed by atoms with Crippen LogP contribution < -0.4 is 5.32 Å². The molecule has 2 aromatic heterocycles. The molecule has 0 spiro atoms. The third-order valence-electron chi connectivity index (χ3n) is 4.14. The van der Waals surface area contributed by atoms with Crippen molar-refractivity contribution in [2.75, 3.05) is 18.8 Å². The van der Waals surface area contributed by atoms with Crippen molar-refractivity contribution in [3.63, 3.8) is 0 Å². The number of thioether (sulfide) groups is 1. The smallest absolute Gasteiger partial charge is 0.355 e. The first kappa shape index (κ1) is 18.8. The van der Waals surface area contributed by atoms with Gasteiger partial charge in [0, 0.05) is 55.6 Å². The fraction of sp³-hybridized carbons (Fsp3) is 0.412. The van der Waals surface area contributed by atoms with Crippen molar-refractivity contribution in [1.82, 2.24) is 20.2 Å². The molecular formula is C17H20N4O3S2. The number of carboxylic acid groups (broad SMARTS) is 1. The molecule has 0 unspecified atom stereocenters. The van der Waals surface area contributed by atoms with Crippen molar-refractivity contribution < 1.29 is 14.7 Å². The van der Waals surface area contributed by atoms with Gasteiger partial charge in [0.25, 0.3) is 0 Å². The number of nitrogens with one attached hydrogen (secondary N) is 1. The van der Waals surface area contributed by atoms with E-state index in [1.165, 1.54) is 28.5 Å². The van der Waals surface area contributed by atoms with Gasteiger partial charge in [0.2, 0.25) is 5.91 Å². The molecule has 0 aliphatic carbocycles. The lowest BCUT2D eigenvalue weighted by Crippen LogP contribution is -2.41. The highest BCUT2D eigenvalue weighted by Crippen LogP contribution is 2.24. The summed E-state index contributed by atoms with van der Waals surface area (Å²) in [4.78, 5) is 33.1. The quantitative estimate of drug-likeness (QED) is 0.631. The Labute approximate surface area is 159 Å². The average molecular weight is 393 g/mol. The number of carbonyl (C=O) groups excluding carboxylic acids is 1. The van der Waals surface area contributed by atoms with Crippen LogP contribution in [0.1, 0.15) is 28.9 Å². The molecule has 3 heterocycles. The number of hydrogen-bond acceptors (Lipinski definition) is 7. The van der Waals surface area contributed by atoms with Crippen LogP contribution in [0.2, 0.25) is 0 Å². The summed E-state index contributed by atoms with van der Waals surface area (Å²) in [6, 6.07) is 4.13. The Morgan fingerprint density at radius 1 is 1.50 bits per heavy atom. The first-order valence-corrected chi connectivity index (χ1v) is 10.2. The van der Waals surface area contributed by atoms with Gasteiger partial charge in [-0.3, -0.25) is 9.78 Å². The van der Waals surface area contributed by atoms with E-state index in [4.69, 9.17) is 5.11 Å². The number of nitrogens with zero attached hydrogens (tertiary/aromatic N) is 3. The molecule has 1 aliphatic heterocycles. The Hall–Kier alpha value is -1.97. The van der Waals surface area contributed by atoms with Crippen molar-refractivity contribution in [3.05, 3.63) is 41.2 Å². The molecule has 3 rings (SSSR count). The standard InChI is InChI=1S/C17H20N4O3S2/c22-15-4-3-13(10-19-9-12-2-1-5-18-8-12)21(15)6-7-25-17-20-14(11-26-17)16(23)24/h1-2,5,8,11,13,19H,3-4,6-7,9-10H2,(H,23,24)/t13-/m1/s1. The Morgan fingerprint density at radius 2 is 2.38 bits per heavy atom. The van der Waals surface area contributed by atoms with Crippen LogP contribution in [0.3, 0.4) is 0 Å². The molecule has 7 nitrogen and oxygen atoms in total. The van der Waals surface area contributed by atoms with E-state index in [2.05, 4.69) is 15.3 Å². The van der Waals surface area contributed by atoms with Crippen LogP contribution in [0.15, 0.2) is 34.2 Å². The second-order valence-corrected chi connectivity index (χ2v) is 8.12. The molecule has 1 aliphatic rings. The highest BCUT2D eigenvalue weighted by Gasteiger charge is 2.30. The summed E-state index contributed by atoms with van der Waals surface area (Å²) in [7, 11) is 0. The van der Waals surface area contributed by atoms with Gasteiger partial charge in [-0.1, -0.05) is 17.8 Å². The summed E-state index contributed by atoms with van der Waals surface area (Å²) in [6.07, 6.45) is 5.04. The molecule has 2 aromatic rings. The SMILES string of the molecule is O=C(O)c1csc(SCCN2C(=O)CC[C@@H]2CNCc2cccnc2)n1. The molecule has 1 atom stereocenters. The van der Waals surface area contributed by atoms with Crippen LogP contribution in [0.4, 0.5) is 0 Å². The van der Waals surface area contributed by atoms with Crippen LogP contribution in [-0.2, 0) is 11.3 Å². The Bertz CT molecular complexity index is 753. The molecule has 2 N–H and O–H groups in total. The van der Waals surface area contributed by atoms with E-state index < -0.39 is 5.97 Å². The zero-order valence-electron chi connectivity index (χ0n) is 14.1. The van der Waals surface area contributed by atoms with Gasteiger partial charge in [-0.25, -0.2) is 9.78 Å². The number of carboxylic acids is 1. The van der Waals surface area contributed by atoms with E-state index in [9.17, 15) is 9.59 Å². The van der Waals surface area contributed by atoms with Gasteiger partial charge >= 0.3 is 5.97 Å². The second-order valence-electron chi connectivity index (χ2n) is 5.92. The first-order valence-electron chi connectivity index (χ1n) is 8.34. The average Bonchev–Trinajstić information content (AvgIpc) is 3.24. The van der Waals surface area contributed by atoms with Gasteiger partial charge in [-0.2, -0.15) is 0 Å². The largest absolute Gasteiger partial charge is 0.476 e. The van der Waals surface area contributed by atoms with Gasteiger partial charge in [0.15, 0.2) is 10.0 Å². The summed E-state index contributed by atoms with van der Waals surface area (Å²) in [5.74, 6) is -0.121. The molecule has 0 saturated carbocycles. The normalized spacial score (nSPS) is 17.0. The van der Waals surface area contributed by atoms with Crippen LogP contribution in [-0.4, -0.2) is 56.7 Å². The minimum absolute atomic E-state index is 0.0761. The molecule has 9 heteroatoms. The monoisotopic (exact) mass is 392 g/mol. The molecule has 0 radical (unpaired) electrons. The number of likely N-dealkylation sites (tertiary alicyclic amines) is 1. The third-order valence-corrected chi connectivity index (χ3v) is 6.15. The topological polar surface area (TPSA) is 95.4 Å². The van der Waals surface area contributed by atoms with Crippen molar-refractivity contribution in [3.8, 4) is 0 Å². The van der Waals surface area contributed by atoms with Crippen LogP contribution >= 0.6 is 23.1 Å². The molecule has 0 aromatic carbocycles. The third kappa shape index (κ3) is 5.03. The van der Waals surface area contributed by atoms with E-state index in [1.54, 1.807) is 6.20 Å². The maximum Gasteiger partial charge on any atom is 0.355 e. The van der Waals surface area contributed by atoms with E-state index in [-0.39, 0.29) is 17.6 Å². The summed E-state index contributed by atoms with van der Waals surface area (Å²) in [5.41, 5.74) is 1.20. The van der Waals surface area contributed by atoms with Gasteiger partial charge in [0.05, 0.1) is 0 Å². The van der Waals surface area contributed by atoms with Crippen molar-refractivity contribution in [1.29, 1.82) is 0 Å². The Morgan fingerprint density at radius 3 is 3.12 bits per heavy atom. The van der Waals surface area contributed by atoms with Gasteiger partial charge in [0.1, 0.15) is 0 Å². The lowest BCUT2D eigenvalue weighted by molar-refractivity contribution is -0.128. The predicted octanol–water partition coefficient (Wildman–Crippen LogP) is 2.11. The van der Waals surface area contributed by atoms with E-state index in [0.717, 1.165) is 29.4 Å². The molecule has 1 saturated heterocycles. The number of rotatable bonds is 9. The van der Waals surface area contributed by atoms with Crippen LogP contribution in [0, 0.1) is 0 Å². The van der Waals surface area contributed by atoms with E-state index in [1.807, 2.05) is 23.2 Å². The van der Waals surface area contributed by atoms with Gasteiger partial charge in [-0.15, -0.1) is 11.3 Å². The number of hydrogen-bond donors (Lipinski definition) is 2. The molecule has 26 heavy (non-hydrogen) atoms. The molecule has 0 bridgehead atoms. The molecule has 1 amide bonds. The van der Waals surface area contributed by atoms with Crippen LogP contribution in [0.5, 0.6) is 0 Å². The van der Waals surface area contributed by atoms with Crippen molar-refractivity contribution in [2.24, 2.45) is 0 Å². The van der Waals surface area contributed by atoms with Gasteiger partial charge < -0.3 is 15.3 Å². The van der Waals surface area contributed by atoms with E-state index in [0.29, 0.717) is 18.7 Å². The fourth-order valence-corrected chi connectivity index (χ4v) is 4.66. The zero-order valence-corrected chi connectivity index (χ0v) is 15.8.